The molecule has 1 N–H and O–H groups in total. The Hall–Kier alpha value is -1.13. The molecule has 1 atom stereocenters. The molecule has 3 rings (SSSR count). The minimum atomic E-state index is 0.531. The van der Waals surface area contributed by atoms with Gasteiger partial charge in [-0.3, -0.25) is 0 Å². The van der Waals surface area contributed by atoms with Gasteiger partial charge in [0, 0.05) is 22.5 Å². The van der Waals surface area contributed by atoms with E-state index in [2.05, 4.69) is 38.5 Å². The van der Waals surface area contributed by atoms with Crippen molar-refractivity contribution in [3.8, 4) is 11.1 Å². The van der Waals surface area contributed by atoms with E-state index < -0.39 is 0 Å². The van der Waals surface area contributed by atoms with Gasteiger partial charge in [-0.25, -0.2) is 0 Å². The molecule has 1 aromatic heterocycles. The molecule has 1 saturated heterocycles. The van der Waals surface area contributed by atoms with Crippen molar-refractivity contribution in [3.05, 3.63) is 40.7 Å². The molecule has 0 radical (unpaired) electrons. The van der Waals surface area contributed by atoms with Crippen molar-refractivity contribution >= 4 is 15.9 Å². The predicted octanol–water partition coefficient (Wildman–Crippen LogP) is 3.40. The second kappa shape index (κ2) is 5.24. The maximum Gasteiger partial charge on any atom is 0.146 e. The van der Waals surface area contributed by atoms with Gasteiger partial charge in [0.2, 0.25) is 0 Å². The van der Waals surface area contributed by atoms with E-state index in [1.54, 1.807) is 0 Å². The largest absolute Gasteiger partial charge is 0.361 e. The lowest BCUT2D eigenvalue weighted by Gasteiger charge is -2.08. The van der Waals surface area contributed by atoms with Gasteiger partial charge in [0.05, 0.1) is 6.20 Å². The Morgan fingerprint density at radius 1 is 1.44 bits per heavy atom. The fraction of sp³-hybridized carbons (Fsp3) is 0.357. The van der Waals surface area contributed by atoms with Gasteiger partial charge in [-0.15, -0.1) is 0 Å². The molecule has 3 nitrogen and oxygen atoms in total. The fourth-order valence-corrected chi connectivity index (χ4v) is 2.86. The van der Waals surface area contributed by atoms with Crippen molar-refractivity contribution in [2.75, 3.05) is 6.54 Å². The second-order valence-electron chi connectivity index (χ2n) is 4.67. The zero-order valence-corrected chi connectivity index (χ0v) is 11.6. The van der Waals surface area contributed by atoms with Crippen LogP contribution in [-0.4, -0.2) is 17.7 Å². The van der Waals surface area contributed by atoms with Crippen molar-refractivity contribution in [3.63, 3.8) is 0 Å². The molecule has 0 amide bonds. The molecule has 1 aliphatic rings. The summed E-state index contributed by atoms with van der Waals surface area (Å²) in [7, 11) is 0. The van der Waals surface area contributed by atoms with Crippen molar-refractivity contribution in [1.29, 1.82) is 0 Å². The highest BCUT2D eigenvalue weighted by atomic mass is 79.9. The average Bonchev–Trinajstić information content (AvgIpc) is 3.01. The van der Waals surface area contributed by atoms with Crippen LogP contribution in [0.3, 0.4) is 0 Å². The lowest BCUT2D eigenvalue weighted by molar-refractivity contribution is 0.370. The second-order valence-corrected chi connectivity index (χ2v) is 5.59. The SMILES string of the molecule is Brc1cccc(-c2cnoc2CC2CCCN2)c1. The van der Waals surface area contributed by atoms with Crippen molar-refractivity contribution < 1.29 is 4.52 Å². The first-order chi connectivity index (χ1) is 8.83. The van der Waals surface area contributed by atoms with E-state index in [-0.39, 0.29) is 0 Å². The molecule has 1 aromatic carbocycles. The highest BCUT2D eigenvalue weighted by Crippen LogP contribution is 2.27. The van der Waals surface area contributed by atoms with Gasteiger partial charge in [0.15, 0.2) is 0 Å². The molecule has 0 spiro atoms. The Labute approximate surface area is 115 Å². The van der Waals surface area contributed by atoms with Crippen LogP contribution in [0.5, 0.6) is 0 Å². The topological polar surface area (TPSA) is 38.1 Å². The summed E-state index contributed by atoms with van der Waals surface area (Å²) in [6.45, 7) is 1.12. The van der Waals surface area contributed by atoms with E-state index in [4.69, 9.17) is 4.52 Å². The third-order valence-electron chi connectivity index (χ3n) is 3.37. The van der Waals surface area contributed by atoms with Crippen molar-refractivity contribution in [2.24, 2.45) is 0 Å². The molecule has 0 aliphatic carbocycles. The Balaban J connectivity index is 1.86. The minimum absolute atomic E-state index is 0.531. The summed E-state index contributed by atoms with van der Waals surface area (Å²) in [6.07, 6.45) is 5.21. The van der Waals surface area contributed by atoms with Crippen LogP contribution < -0.4 is 5.32 Å². The zero-order valence-electron chi connectivity index (χ0n) is 10.0. The third kappa shape index (κ3) is 2.49. The molecule has 1 unspecified atom stereocenters. The number of rotatable bonds is 3. The predicted molar refractivity (Wildman–Crippen MR) is 74.4 cm³/mol. The maximum atomic E-state index is 5.42. The first-order valence-corrected chi connectivity index (χ1v) is 7.05. The Morgan fingerprint density at radius 3 is 3.17 bits per heavy atom. The zero-order chi connectivity index (χ0) is 12.4. The van der Waals surface area contributed by atoms with Crippen LogP contribution in [0, 0.1) is 0 Å². The summed E-state index contributed by atoms with van der Waals surface area (Å²) in [4.78, 5) is 0. The van der Waals surface area contributed by atoms with Crippen LogP contribution in [0.2, 0.25) is 0 Å². The molecular formula is C14H15BrN2O. The maximum absolute atomic E-state index is 5.42. The summed E-state index contributed by atoms with van der Waals surface area (Å²) >= 11 is 3.50. The van der Waals surface area contributed by atoms with Crippen molar-refractivity contribution in [2.45, 2.75) is 25.3 Å². The van der Waals surface area contributed by atoms with Crippen LogP contribution in [0.15, 0.2) is 39.5 Å². The summed E-state index contributed by atoms with van der Waals surface area (Å²) in [5.41, 5.74) is 2.25. The van der Waals surface area contributed by atoms with Gasteiger partial charge >= 0.3 is 0 Å². The molecule has 1 aliphatic heterocycles. The molecule has 94 valence electrons. The number of hydrogen-bond acceptors (Lipinski definition) is 3. The Bertz CT molecular complexity index is 532. The summed E-state index contributed by atoms with van der Waals surface area (Å²) in [6, 6.07) is 8.77. The number of hydrogen-bond donors (Lipinski definition) is 1. The van der Waals surface area contributed by atoms with Gasteiger partial charge < -0.3 is 9.84 Å². The molecule has 0 bridgehead atoms. The van der Waals surface area contributed by atoms with E-state index in [1.165, 1.54) is 12.8 Å². The van der Waals surface area contributed by atoms with Gasteiger partial charge in [-0.1, -0.05) is 33.2 Å². The number of halogens is 1. The quantitative estimate of drug-likeness (QED) is 0.944. The Morgan fingerprint density at radius 2 is 2.39 bits per heavy atom. The number of nitrogens with zero attached hydrogens (tertiary/aromatic N) is 1. The summed E-state index contributed by atoms with van der Waals surface area (Å²) in [5, 5.41) is 7.44. The van der Waals surface area contributed by atoms with Gasteiger partial charge in [0.25, 0.3) is 0 Å². The first-order valence-electron chi connectivity index (χ1n) is 6.26. The molecule has 2 heterocycles. The number of benzene rings is 1. The van der Waals surface area contributed by atoms with Crippen LogP contribution in [0.1, 0.15) is 18.6 Å². The van der Waals surface area contributed by atoms with E-state index in [1.807, 2.05) is 18.3 Å². The van der Waals surface area contributed by atoms with E-state index in [0.717, 1.165) is 34.3 Å². The monoisotopic (exact) mass is 306 g/mol. The molecule has 18 heavy (non-hydrogen) atoms. The van der Waals surface area contributed by atoms with Crippen LogP contribution in [-0.2, 0) is 6.42 Å². The van der Waals surface area contributed by atoms with E-state index in [0.29, 0.717) is 6.04 Å². The van der Waals surface area contributed by atoms with E-state index in [9.17, 15) is 0 Å². The standard InChI is InChI=1S/C14H15BrN2O/c15-11-4-1-3-10(7-11)13-9-17-18-14(13)8-12-5-2-6-16-12/h1,3-4,7,9,12,16H,2,5-6,8H2. The lowest BCUT2D eigenvalue weighted by Crippen LogP contribution is -2.23. The van der Waals surface area contributed by atoms with Crippen LogP contribution >= 0.6 is 15.9 Å². The van der Waals surface area contributed by atoms with E-state index >= 15 is 0 Å². The third-order valence-corrected chi connectivity index (χ3v) is 3.87. The van der Waals surface area contributed by atoms with Gasteiger partial charge in [-0.05, 0) is 37.1 Å². The van der Waals surface area contributed by atoms with Gasteiger partial charge in [-0.2, -0.15) is 0 Å². The van der Waals surface area contributed by atoms with Crippen LogP contribution in [0.4, 0.5) is 0 Å². The van der Waals surface area contributed by atoms with Crippen molar-refractivity contribution in [1.82, 2.24) is 10.5 Å². The molecular weight excluding hydrogens is 292 g/mol. The summed E-state index contributed by atoms with van der Waals surface area (Å²) < 4.78 is 6.49. The lowest BCUT2D eigenvalue weighted by atomic mass is 10.0. The first kappa shape index (κ1) is 11.9. The molecule has 1 fully saturated rings. The molecule has 4 heteroatoms. The Kier molecular flexibility index (Phi) is 3.48. The average molecular weight is 307 g/mol. The number of nitrogens with one attached hydrogen (secondary N) is 1. The number of aromatic nitrogens is 1. The van der Waals surface area contributed by atoms with Gasteiger partial charge in [0.1, 0.15) is 5.76 Å². The van der Waals surface area contributed by atoms with Crippen LogP contribution in [0.25, 0.3) is 11.1 Å². The smallest absolute Gasteiger partial charge is 0.146 e. The molecule has 2 aromatic rings. The summed E-state index contributed by atoms with van der Waals surface area (Å²) in [5.74, 6) is 0.979. The normalized spacial score (nSPS) is 19.3. The highest BCUT2D eigenvalue weighted by Gasteiger charge is 2.19. The highest BCUT2D eigenvalue weighted by molar-refractivity contribution is 9.10. The fourth-order valence-electron chi connectivity index (χ4n) is 2.46. The molecule has 0 saturated carbocycles. The minimum Gasteiger partial charge on any atom is -0.361 e.